The fourth-order valence-corrected chi connectivity index (χ4v) is 3.46. The van der Waals surface area contributed by atoms with E-state index in [-0.39, 0.29) is 11.5 Å². The molecule has 0 fully saturated rings. The van der Waals surface area contributed by atoms with Crippen LogP contribution in [0.3, 0.4) is 0 Å². The summed E-state index contributed by atoms with van der Waals surface area (Å²) in [6.45, 7) is 8.47. The predicted octanol–water partition coefficient (Wildman–Crippen LogP) is 4.56. The van der Waals surface area contributed by atoms with E-state index in [2.05, 4.69) is 22.5 Å². The first-order valence-corrected chi connectivity index (χ1v) is 9.86. The Morgan fingerprint density at radius 2 is 1.59 bits per heavy atom. The first-order valence-electron chi connectivity index (χ1n) is 9.86. The molecule has 0 saturated carbocycles. The van der Waals surface area contributed by atoms with E-state index in [0.717, 1.165) is 28.1 Å². The van der Waals surface area contributed by atoms with Crippen molar-refractivity contribution in [1.29, 1.82) is 0 Å². The zero-order valence-corrected chi connectivity index (χ0v) is 17.5. The van der Waals surface area contributed by atoms with Gasteiger partial charge in [0.15, 0.2) is 0 Å². The molecule has 0 spiro atoms. The van der Waals surface area contributed by atoms with Crippen LogP contribution in [-0.2, 0) is 11.3 Å². The van der Waals surface area contributed by atoms with Crippen LogP contribution in [0.1, 0.15) is 35.1 Å². The molecule has 1 aromatic heterocycles. The number of aromatic nitrogens is 2. The fraction of sp³-hybridized carbons (Fsp3) is 0.292. The van der Waals surface area contributed by atoms with Crippen LogP contribution < -0.4 is 10.9 Å². The molecule has 1 amide bonds. The lowest BCUT2D eigenvalue weighted by Crippen LogP contribution is -2.23. The molecular formula is C24H27N3O2. The monoisotopic (exact) mass is 389 g/mol. The van der Waals surface area contributed by atoms with Crippen molar-refractivity contribution >= 4 is 11.6 Å². The number of carbonyl (C=O) groups excluding carboxylic acids is 1. The number of hydrogen-bond donors (Lipinski definition) is 1. The molecule has 3 rings (SSSR count). The second kappa shape index (κ2) is 8.86. The summed E-state index contributed by atoms with van der Waals surface area (Å²) >= 11 is 0. The molecule has 5 nitrogen and oxygen atoms in total. The Kier molecular flexibility index (Phi) is 6.27. The van der Waals surface area contributed by atoms with Gasteiger partial charge in [-0.2, -0.15) is 5.10 Å². The number of nitrogens with one attached hydrogen (secondary N) is 1. The average Bonchev–Trinajstić information content (AvgIpc) is 2.67. The van der Waals surface area contributed by atoms with Crippen molar-refractivity contribution in [2.45, 2.75) is 47.1 Å². The molecule has 1 heterocycles. The molecule has 0 bridgehead atoms. The first-order chi connectivity index (χ1) is 13.8. The molecule has 0 aliphatic heterocycles. The summed E-state index contributed by atoms with van der Waals surface area (Å²) in [4.78, 5) is 24.5. The summed E-state index contributed by atoms with van der Waals surface area (Å²) < 4.78 is 1.44. The first kappa shape index (κ1) is 20.5. The molecule has 5 heteroatoms. The average molecular weight is 389 g/mol. The van der Waals surface area contributed by atoms with Crippen LogP contribution in [0.15, 0.2) is 53.3 Å². The van der Waals surface area contributed by atoms with E-state index in [9.17, 15) is 9.59 Å². The summed E-state index contributed by atoms with van der Waals surface area (Å²) in [6.07, 6.45) is 0.871. The number of anilines is 1. The SMILES string of the molecule is Cc1ccc(-c2ccc(=O)n(CCCC(=O)Nc3c(C)cc(C)cc3C)n2)cc1. The van der Waals surface area contributed by atoms with E-state index in [1.165, 1.54) is 21.9 Å². The maximum atomic E-state index is 12.4. The minimum absolute atomic E-state index is 0.0530. The zero-order valence-electron chi connectivity index (χ0n) is 17.5. The number of hydrogen-bond acceptors (Lipinski definition) is 3. The highest BCUT2D eigenvalue weighted by atomic mass is 16.1. The van der Waals surface area contributed by atoms with E-state index in [1.807, 2.05) is 52.0 Å². The Morgan fingerprint density at radius 1 is 0.931 bits per heavy atom. The van der Waals surface area contributed by atoms with Gasteiger partial charge in [-0.25, -0.2) is 4.68 Å². The summed E-state index contributed by atoms with van der Waals surface area (Å²) in [7, 11) is 0. The molecule has 0 aliphatic carbocycles. The van der Waals surface area contributed by atoms with Crippen LogP contribution >= 0.6 is 0 Å². The standard InChI is InChI=1S/C24H27N3O2/c1-16-7-9-20(10-8-16)21-11-12-23(29)27(26-21)13-5-6-22(28)25-24-18(3)14-17(2)15-19(24)4/h7-12,14-15H,5-6,13H2,1-4H3,(H,25,28). The second-order valence-corrected chi connectivity index (χ2v) is 7.57. The van der Waals surface area contributed by atoms with Gasteiger partial charge < -0.3 is 5.32 Å². The smallest absolute Gasteiger partial charge is 0.266 e. The Morgan fingerprint density at radius 3 is 2.24 bits per heavy atom. The number of carbonyl (C=O) groups is 1. The predicted molar refractivity (Wildman–Crippen MR) is 117 cm³/mol. The Bertz CT molecular complexity index is 1060. The van der Waals surface area contributed by atoms with E-state index < -0.39 is 0 Å². The third kappa shape index (κ3) is 5.19. The van der Waals surface area contributed by atoms with Crippen LogP contribution in [-0.4, -0.2) is 15.7 Å². The van der Waals surface area contributed by atoms with Crippen LogP contribution in [0.5, 0.6) is 0 Å². The maximum absolute atomic E-state index is 12.4. The van der Waals surface area contributed by atoms with E-state index in [1.54, 1.807) is 6.07 Å². The lowest BCUT2D eigenvalue weighted by Gasteiger charge is -2.13. The van der Waals surface area contributed by atoms with Gasteiger partial charge in [-0.3, -0.25) is 9.59 Å². The maximum Gasteiger partial charge on any atom is 0.266 e. The number of nitrogens with zero attached hydrogens (tertiary/aromatic N) is 2. The van der Waals surface area contributed by atoms with Gasteiger partial charge in [0.05, 0.1) is 5.69 Å². The number of amides is 1. The second-order valence-electron chi connectivity index (χ2n) is 7.57. The largest absolute Gasteiger partial charge is 0.326 e. The molecule has 0 aliphatic rings. The number of benzene rings is 2. The molecule has 0 atom stereocenters. The summed E-state index contributed by atoms with van der Waals surface area (Å²) in [6, 6.07) is 15.4. The van der Waals surface area contributed by atoms with E-state index in [4.69, 9.17) is 0 Å². The van der Waals surface area contributed by atoms with Gasteiger partial charge >= 0.3 is 0 Å². The molecule has 29 heavy (non-hydrogen) atoms. The Labute approximate surface area is 171 Å². The van der Waals surface area contributed by atoms with Crippen molar-refractivity contribution in [3.63, 3.8) is 0 Å². The number of aryl methyl sites for hydroxylation is 5. The van der Waals surface area contributed by atoms with Crippen molar-refractivity contribution in [2.24, 2.45) is 0 Å². The van der Waals surface area contributed by atoms with Crippen LogP contribution in [0.4, 0.5) is 5.69 Å². The Hall–Kier alpha value is -3.21. The van der Waals surface area contributed by atoms with Gasteiger partial charge in [-0.05, 0) is 51.3 Å². The molecule has 0 radical (unpaired) electrons. The molecule has 1 N–H and O–H groups in total. The van der Waals surface area contributed by atoms with Crippen molar-refractivity contribution < 1.29 is 4.79 Å². The summed E-state index contributed by atoms with van der Waals surface area (Å²) in [5, 5.41) is 7.47. The highest BCUT2D eigenvalue weighted by Gasteiger charge is 2.09. The highest BCUT2D eigenvalue weighted by molar-refractivity contribution is 5.92. The van der Waals surface area contributed by atoms with Gasteiger partial charge in [0.25, 0.3) is 5.56 Å². The fourth-order valence-electron chi connectivity index (χ4n) is 3.46. The summed E-state index contributed by atoms with van der Waals surface area (Å²) in [5.74, 6) is -0.0530. The van der Waals surface area contributed by atoms with Gasteiger partial charge in [0, 0.05) is 30.3 Å². The molecule has 0 unspecified atom stereocenters. The van der Waals surface area contributed by atoms with Gasteiger partial charge in [0.2, 0.25) is 5.91 Å². The molecule has 0 saturated heterocycles. The minimum atomic E-state index is -0.161. The topological polar surface area (TPSA) is 64.0 Å². The third-order valence-electron chi connectivity index (χ3n) is 4.93. The molecule has 3 aromatic rings. The van der Waals surface area contributed by atoms with Crippen LogP contribution in [0.2, 0.25) is 0 Å². The number of rotatable bonds is 6. The van der Waals surface area contributed by atoms with Crippen molar-refractivity contribution in [3.8, 4) is 11.3 Å². The van der Waals surface area contributed by atoms with Crippen molar-refractivity contribution in [1.82, 2.24) is 9.78 Å². The summed E-state index contributed by atoms with van der Waals surface area (Å²) in [5.41, 5.74) is 6.89. The van der Waals surface area contributed by atoms with Gasteiger partial charge in [-0.1, -0.05) is 47.5 Å². The zero-order chi connectivity index (χ0) is 21.0. The van der Waals surface area contributed by atoms with E-state index in [0.29, 0.717) is 19.4 Å². The van der Waals surface area contributed by atoms with Gasteiger partial charge in [-0.15, -0.1) is 0 Å². The molecular weight excluding hydrogens is 362 g/mol. The van der Waals surface area contributed by atoms with Crippen LogP contribution in [0.25, 0.3) is 11.3 Å². The van der Waals surface area contributed by atoms with Crippen molar-refractivity contribution in [2.75, 3.05) is 5.32 Å². The quantitative estimate of drug-likeness (QED) is 0.672. The van der Waals surface area contributed by atoms with Gasteiger partial charge in [0.1, 0.15) is 0 Å². The lowest BCUT2D eigenvalue weighted by atomic mass is 10.0. The minimum Gasteiger partial charge on any atom is -0.326 e. The Balaban J connectivity index is 1.63. The van der Waals surface area contributed by atoms with E-state index >= 15 is 0 Å². The normalized spacial score (nSPS) is 10.8. The third-order valence-corrected chi connectivity index (χ3v) is 4.93. The lowest BCUT2D eigenvalue weighted by molar-refractivity contribution is -0.116. The van der Waals surface area contributed by atoms with Crippen molar-refractivity contribution in [3.05, 3.63) is 81.1 Å². The highest BCUT2D eigenvalue weighted by Crippen LogP contribution is 2.22. The molecule has 2 aromatic carbocycles. The van der Waals surface area contributed by atoms with Crippen LogP contribution in [0, 0.1) is 27.7 Å². The molecule has 150 valence electrons.